The maximum absolute atomic E-state index is 10.3. The molecular formula is C12H22LiNO7S. The number of phenols is 1. The van der Waals surface area contributed by atoms with Gasteiger partial charge in [0, 0.05) is 0 Å². The zero-order valence-electron chi connectivity index (χ0n) is 14.1. The van der Waals surface area contributed by atoms with Gasteiger partial charge in [-0.15, -0.1) is 0 Å². The Kier molecular flexibility index (Phi) is 16.2. The Hall–Kier alpha value is -0.923. The molecule has 1 rings (SSSR count). The average molecular weight is 331 g/mol. The number of aliphatic hydroxyl groups excluding tert-OH is 1. The molecule has 0 heterocycles. The summed E-state index contributed by atoms with van der Waals surface area (Å²) in [5, 5.41) is 25.7. The van der Waals surface area contributed by atoms with Gasteiger partial charge in [0.2, 0.25) is 0 Å². The van der Waals surface area contributed by atoms with E-state index in [-0.39, 0.29) is 38.2 Å². The number of benzene rings is 1. The van der Waals surface area contributed by atoms with Crippen LogP contribution in [0.15, 0.2) is 24.3 Å². The normalized spacial score (nSPS) is 10.8. The largest absolute Gasteiger partial charge is 1.00 e. The van der Waals surface area contributed by atoms with Crippen LogP contribution in [-0.2, 0) is 11.4 Å². The molecule has 124 valence electrons. The molecule has 0 bridgehead atoms. The summed E-state index contributed by atoms with van der Waals surface area (Å²) in [6.07, 6.45) is 0. The van der Waals surface area contributed by atoms with Crippen LogP contribution in [0.3, 0.4) is 0 Å². The fourth-order valence-corrected chi connectivity index (χ4v) is 0.954. The molecule has 0 aliphatic carbocycles. The van der Waals surface area contributed by atoms with Crippen LogP contribution in [0.5, 0.6) is 5.75 Å². The van der Waals surface area contributed by atoms with Crippen molar-refractivity contribution in [2.24, 2.45) is 0 Å². The molecule has 0 aliphatic rings. The molecule has 0 aliphatic heterocycles. The standard InChI is InChI=1S/C7H6O3.C5H14NO.Li.H2O3S.H/c8-6-4-2-1-3-5(6)7(9)10;1-6(2,3)4-5-7;;1-4(2)3;/h1-4,8H,(H,9,10);7H,4-5H2,1-3H3;;(H2,1,2,3);/q;2*+1;;-1/p-1. The Balaban J connectivity index is -0.000000124. The molecule has 10 heteroatoms. The molecule has 1 unspecified atom stereocenters. The van der Waals surface area contributed by atoms with Crippen LogP contribution in [0, 0.1) is 0 Å². The zero-order valence-corrected chi connectivity index (χ0v) is 13.9. The smallest absolute Gasteiger partial charge is 1.00 e. The van der Waals surface area contributed by atoms with Gasteiger partial charge >= 0.3 is 24.8 Å². The first kappa shape index (κ1) is 26.0. The summed E-state index contributed by atoms with van der Waals surface area (Å²) in [6.45, 7) is 1.11. The van der Waals surface area contributed by atoms with Gasteiger partial charge in [0.1, 0.15) is 17.9 Å². The van der Waals surface area contributed by atoms with Gasteiger partial charge in [0.15, 0.2) is 0 Å². The van der Waals surface area contributed by atoms with Crippen LogP contribution in [-0.4, -0.2) is 73.4 Å². The Bertz CT molecular complexity index is 453. The zero-order chi connectivity index (χ0) is 17.1. The first-order chi connectivity index (χ1) is 9.51. The summed E-state index contributed by atoms with van der Waals surface area (Å²) < 4.78 is 24.9. The molecule has 0 radical (unpaired) electrons. The number of quaternary nitrogens is 1. The number of aliphatic hydroxyl groups is 1. The van der Waals surface area contributed by atoms with Crippen molar-refractivity contribution in [1.82, 2.24) is 0 Å². The van der Waals surface area contributed by atoms with E-state index in [0.717, 1.165) is 11.0 Å². The number of nitrogens with zero attached hydrogens (tertiary/aromatic N) is 1. The van der Waals surface area contributed by atoms with Crippen LogP contribution in [0.2, 0.25) is 0 Å². The number of hydrogen-bond donors (Lipinski definition) is 4. The van der Waals surface area contributed by atoms with Crippen LogP contribution in [0.4, 0.5) is 0 Å². The van der Waals surface area contributed by atoms with E-state index in [2.05, 4.69) is 21.1 Å². The van der Waals surface area contributed by atoms with E-state index >= 15 is 0 Å². The molecule has 1 aromatic carbocycles. The topological polar surface area (TPSA) is 138 Å². The minimum atomic E-state index is -2.86. The van der Waals surface area contributed by atoms with E-state index in [0.29, 0.717) is 0 Å². The molecular weight excluding hydrogens is 309 g/mol. The van der Waals surface area contributed by atoms with Crippen molar-refractivity contribution >= 4 is 17.3 Å². The van der Waals surface area contributed by atoms with E-state index in [1.165, 1.54) is 12.1 Å². The van der Waals surface area contributed by atoms with E-state index in [1.807, 2.05) is 0 Å². The van der Waals surface area contributed by atoms with E-state index in [4.69, 9.17) is 28.6 Å². The third kappa shape index (κ3) is 19.1. The third-order valence-electron chi connectivity index (χ3n) is 1.91. The Labute approximate surface area is 145 Å². The fourth-order valence-electron chi connectivity index (χ4n) is 0.954. The van der Waals surface area contributed by atoms with Crippen LogP contribution >= 0.6 is 0 Å². The Morgan fingerprint density at radius 2 is 1.73 bits per heavy atom. The van der Waals surface area contributed by atoms with Gasteiger partial charge in [0.25, 0.3) is 0 Å². The summed E-state index contributed by atoms with van der Waals surface area (Å²) in [6, 6.07) is 5.81. The second-order valence-electron chi connectivity index (χ2n) is 4.78. The van der Waals surface area contributed by atoms with Crippen LogP contribution in [0.25, 0.3) is 0 Å². The Morgan fingerprint density at radius 1 is 1.32 bits per heavy atom. The van der Waals surface area contributed by atoms with Crippen molar-refractivity contribution in [2.75, 3.05) is 34.3 Å². The second-order valence-corrected chi connectivity index (χ2v) is 5.21. The van der Waals surface area contributed by atoms with Gasteiger partial charge in [-0.05, 0) is 12.1 Å². The molecule has 0 amide bonds. The monoisotopic (exact) mass is 331 g/mol. The van der Waals surface area contributed by atoms with E-state index in [9.17, 15) is 4.79 Å². The number of carboxylic acids is 1. The summed E-state index contributed by atoms with van der Waals surface area (Å²) in [5.41, 5.74) is -0.0671. The predicted octanol–water partition coefficient (Wildman–Crippen LogP) is -2.77. The SMILES string of the molecule is C[N+](C)(C)CCO.O=C(O)c1ccccc1O.O=S([O-])O.[H-].[Li+]. The molecule has 0 saturated carbocycles. The van der Waals surface area contributed by atoms with Gasteiger partial charge < -0.3 is 30.3 Å². The van der Waals surface area contributed by atoms with Gasteiger partial charge in [-0.2, -0.15) is 0 Å². The van der Waals surface area contributed by atoms with E-state index in [1.54, 1.807) is 12.1 Å². The number of aromatic hydroxyl groups is 1. The first-order valence-electron chi connectivity index (χ1n) is 5.72. The minimum absolute atomic E-state index is 0. The van der Waals surface area contributed by atoms with Gasteiger partial charge in [-0.25, -0.2) is 9.00 Å². The fraction of sp³-hybridized carbons (Fsp3) is 0.417. The number of carbonyl (C=O) groups is 1. The molecule has 8 nitrogen and oxygen atoms in total. The van der Waals surface area contributed by atoms with Crippen LogP contribution in [0.1, 0.15) is 11.8 Å². The summed E-state index contributed by atoms with van der Waals surface area (Å²) in [7, 11) is 6.16. The van der Waals surface area contributed by atoms with Crippen molar-refractivity contribution in [3.8, 4) is 5.75 Å². The number of carboxylic acid groups (broad SMARTS) is 1. The van der Waals surface area contributed by atoms with Crippen molar-refractivity contribution in [2.45, 2.75) is 0 Å². The Morgan fingerprint density at radius 3 is 1.91 bits per heavy atom. The van der Waals surface area contributed by atoms with Crippen LogP contribution < -0.4 is 18.9 Å². The van der Waals surface area contributed by atoms with Gasteiger partial charge in [0.05, 0.1) is 39.1 Å². The number of aromatic carboxylic acids is 1. The maximum Gasteiger partial charge on any atom is 1.00 e. The quantitative estimate of drug-likeness (QED) is 0.267. The molecule has 4 N–H and O–H groups in total. The number of hydrogen-bond acceptors (Lipinski definition) is 5. The molecule has 1 atom stereocenters. The molecule has 0 spiro atoms. The van der Waals surface area contributed by atoms with Crippen molar-refractivity contribution < 1.29 is 58.2 Å². The molecule has 0 saturated heterocycles. The average Bonchev–Trinajstić information content (AvgIpc) is 2.27. The molecule has 22 heavy (non-hydrogen) atoms. The summed E-state index contributed by atoms with van der Waals surface area (Å²) in [4.78, 5) is 10.3. The number of likely N-dealkylation sites (N-methyl/N-ethyl adjacent to an activating group) is 1. The minimum Gasteiger partial charge on any atom is -1.00 e. The van der Waals surface area contributed by atoms with Gasteiger partial charge in [-0.3, -0.25) is 0 Å². The van der Waals surface area contributed by atoms with Crippen molar-refractivity contribution in [3.05, 3.63) is 29.8 Å². The van der Waals surface area contributed by atoms with Crippen molar-refractivity contribution in [1.29, 1.82) is 0 Å². The summed E-state index contributed by atoms with van der Waals surface area (Å²) >= 11 is -2.86. The second kappa shape index (κ2) is 13.7. The molecule has 0 fully saturated rings. The maximum atomic E-state index is 10.3. The summed E-state index contributed by atoms with van der Waals surface area (Å²) in [5.74, 6) is -1.31. The third-order valence-corrected chi connectivity index (χ3v) is 1.91. The van der Waals surface area contributed by atoms with Gasteiger partial charge in [-0.1, -0.05) is 12.1 Å². The van der Waals surface area contributed by atoms with E-state index < -0.39 is 17.3 Å². The first-order valence-corrected chi connectivity index (χ1v) is 6.75. The van der Waals surface area contributed by atoms with Crippen molar-refractivity contribution in [3.63, 3.8) is 0 Å². The number of para-hydroxylation sites is 1. The molecule has 1 aromatic rings. The number of rotatable bonds is 3. The molecule has 0 aromatic heterocycles. The predicted molar refractivity (Wildman–Crippen MR) is 77.7 cm³/mol.